The van der Waals surface area contributed by atoms with E-state index in [9.17, 15) is 8.42 Å². The van der Waals surface area contributed by atoms with E-state index in [4.69, 9.17) is 14.2 Å². The molecule has 0 spiro atoms. The molecule has 4 aromatic rings. The number of ether oxygens (including phenoxy) is 3. The largest absolute Gasteiger partial charge is 0.497 e. The van der Waals surface area contributed by atoms with E-state index >= 15 is 0 Å². The topological polar surface area (TPSA) is 70.0 Å². The second kappa shape index (κ2) is 10.8. The van der Waals surface area contributed by atoms with Crippen LogP contribution in [0.25, 0.3) is 22.2 Å². The van der Waals surface area contributed by atoms with Crippen molar-refractivity contribution in [3.05, 3.63) is 69.6 Å². The number of rotatable bonds is 9. The van der Waals surface area contributed by atoms with Gasteiger partial charge in [0.2, 0.25) is 0 Å². The number of benzene rings is 3. The van der Waals surface area contributed by atoms with Crippen LogP contribution in [0.5, 0.6) is 17.2 Å². The highest BCUT2D eigenvalue weighted by Gasteiger charge is 2.32. The molecule has 0 unspecified atom stereocenters. The lowest BCUT2D eigenvalue weighted by Crippen LogP contribution is -2.20. The maximum atomic E-state index is 14.4. The second-order valence-corrected chi connectivity index (χ2v) is 11.8. The third-order valence-corrected chi connectivity index (χ3v) is 8.42. The Morgan fingerprint density at radius 3 is 2.31 bits per heavy atom. The van der Waals surface area contributed by atoms with Crippen molar-refractivity contribution in [3.63, 3.8) is 0 Å². The van der Waals surface area contributed by atoms with Gasteiger partial charge in [-0.3, -0.25) is 0 Å². The Balaban J connectivity index is 2.11. The molecule has 1 aromatic heterocycles. The number of fused-ring (bicyclic) bond motifs is 1. The van der Waals surface area contributed by atoms with E-state index in [2.05, 4.69) is 31.9 Å². The fourth-order valence-electron chi connectivity index (χ4n) is 3.92. The number of aromatic nitrogens is 1. The monoisotopic (exact) mass is 636 g/mol. The molecule has 190 valence electrons. The predicted molar refractivity (Wildman–Crippen MR) is 149 cm³/mol. The van der Waals surface area contributed by atoms with Crippen molar-refractivity contribution in [2.75, 3.05) is 41.5 Å². The molecule has 0 fully saturated rings. The number of hydrogen-bond donors (Lipinski definition) is 0. The van der Waals surface area contributed by atoms with Crippen molar-refractivity contribution >= 4 is 52.8 Å². The normalized spacial score (nSPS) is 11.8. The van der Waals surface area contributed by atoms with E-state index in [0.29, 0.717) is 51.3 Å². The highest BCUT2D eigenvalue weighted by atomic mass is 79.9. The summed E-state index contributed by atoms with van der Waals surface area (Å²) in [5.41, 5.74) is 1.60. The zero-order chi connectivity index (χ0) is 26.0. The van der Waals surface area contributed by atoms with Gasteiger partial charge in [0.1, 0.15) is 28.7 Å². The first-order valence-electron chi connectivity index (χ1n) is 11.0. The van der Waals surface area contributed by atoms with Crippen LogP contribution in [-0.4, -0.2) is 58.8 Å². The molecule has 0 saturated carbocycles. The average Bonchev–Trinajstić information content (AvgIpc) is 3.19. The molecule has 0 N–H and O–H groups in total. The molecule has 36 heavy (non-hydrogen) atoms. The molecule has 4 rings (SSSR count). The highest BCUT2D eigenvalue weighted by molar-refractivity contribution is 9.11. The van der Waals surface area contributed by atoms with Gasteiger partial charge >= 0.3 is 0 Å². The fourth-order valence-corrected chi connectivity index (χ4v) is 7.14. The summed E-state index contributed by atoms with van der Waals surface area (Å²) in [5, 5.41) is 0.657. The smallest absolute Gasteiger partial charge is 0.272 e. The summed E-state index contributed by atoms with van der Waals surface area (Å²) < 4.78 is 48.6. The molecule has 0 atom stereocenters. The molecular formula is C26H26Br2N2O5S. The Bertz CT molecular complexity index is 1500. The van der Waals surface area contributed by atoms with E-state index in [1.807, 2.05) is 61.5 Å². The van der Waals surface area contributed by atoms with Gasteiger partial charge in [0.05, 0.1) is 19.7 Å². The van der Waals surface area contributed by atoms with Crippen molar-refractivity contribution in [2.45, 2.75) is 4.90 Å². The Labute approximate surface area is 227 Å². The van der Waals surface area contributed by atoms with Crippen LogP contribution in [0.4, 0.5) is 0 Å². The minimum absolute atomic E-state index is 0.00883. The molecule has 10 heteroatoms. The van der Waals surface area contributed by atoms with Crippen molar-refractivity contribution in [3.8, 4) is 28.5 Å². The van der Waals surface area contributed by atoms with E-state index < -0.39 is 10.0 Å². The molecule has 0 radical (unpaired) electrons. The van der Waals surface area contributed by atoms with Crippen LogP contribution < -0.4 is 14.2 Å². The fraction of sp³-hybridized carbons (Fsp3) is 0.231. The number of halogens is 2. The summed E-state index contributed by atoms with van der Waals surface area (Å²) in [6.07, 6.45) is 0. The van der Waals surface area contributed by atoms with Gasteiger partial charge in [0.25, 0.3) is 10.0 Å². The van der Waals surface area contributed by atoms with Gasteiger partial charge < -0.3 is 19.1 Å². The van der Waals surface area contributed by atoms with Gasteiger partial charge in [-0.1, -0.05) is 46.3 Å². The third-order valence-electron chi connectivity index (χ3n) is 5.62. The number of hydrogen-bond acceptors (Lipinski definition) is 6. The molecule has 1 heterocycles. The maximum absolute atomic E-state index is 14.4. The molecule has 0 aliphatic rings. The van der Waals surface area contributed by atoms with Crippen LogP contribution in [0.2, 0.25) is 0 Å². The van der Waals surface area contributed by atoms with Crippen molar-refractivity contribution in [2.24, 2.45) is 0 Å². The predicted octanol–water partition coefficient (Wildman–Crippen LogP) is 6.03. The first-order chi connectivity index (χ1) is 17.2. The molecule has 0 amide bonds. The summed E-state index contributed by atoms with van der Waals surface area (Å²) in [6, 6.07) is 17.7. The summed E-state index contributed by atoms with van der Waals surface area (Å²) >= 11 is 7.15. The Kier molecular flexibility index (Phi) is 7.99. The average molecular weight is 638 g/mol. The van der Waals surface area contributed by atoms with Gasteiger partial charge in [0, 0.05) is 32.5 Å². The molecule has 0 aliphatic carbocycles. The van der Waals surface area contributed by atoms with Gasteiger partial charge in [-0.05, 0) is 54.3 Å². The molecular weight excluding hydrogens is 612 g/mol. The van der Waals surface area contributed by atoms with Crippen LogP contribution in [-0.2, 0) is 10.0 Å². The van der Waals surface area contributed by atoms with E-state index in [1.54, 1.807) is 12.1 Å². The minimum atomic E-state index is -4.17. The van der Waals surface area contributed by atoms with Crippen molar-refractivity contribution < 1.29 is 22.6 Å². The molecule has 3 aromatic carbocycles. The van der Waals surface area contributed by atoms with Gasteiger partial charge in [0.15, 0.2) is 5.75 Å². The molecule has 7 nitrogen and oxygen atoms in total. The van der Waals surface area contributed by atoms with Gasteiger partial charge in [-0.25, -0.2) is 12.4 Å². The zero-order valence-electron chi connectivity index (χ0n) is 20.3. The summed E-state index contributed by atoms with van der Waals surface area (Å²) in [6.45, 7) is 1.04. The van der Waals surface area contributed by atoms with Crippen molar-refractivity contribution in [1.82, 2.24) is 8.87 Å². The minimum Gasteiger partial charge on any atom is -0.497 e. The maximum Gasteiger partial charge on any atom is 0.272 e. The van der Waals surface area contributed by atoms with E-state index in [0.717, 1.165) is 4.47 Å². The highest BCUT2D eigenvalue weighted by Crippen LogP contribution is 2.46. The zero-order valence-corrected chi connectivity index (χ0v) is 24.3. The summed E-state index contributed by atoms with van der Waals surface area (Å²) in [7, 11) is 2.69. The molecule has 0 aliphatic heterocycles. The van der Waals surface area contributed by atoms with Gasteiger partial charge in [-0.15, -0.1) is 0 Å². The van der Waals surface area contributed by atoms with E-state index in [1.165, 1.54) is 24.3 Å². The first-order valence-corrected chi connectivity index (χ1v) is 14.1. The van der Waals surface area contributed by atoms with Crippen LogP contribution in [0.15, 0.2) is 74.5 Å². The first kappa shape index (κ1) is 26.5. The Morgan fingerprint density at radius 2 is 1.67 bits per heavy atom. The molecule has 0 saturated heterocycles. The second-order valence-electron chi connectivity index (χ2n) is 8.27. The van der Waals surface area contributed by atoms with Crippen LogP contribution >= 0.6 is 31.9 Å². The van der Waals surface area contributed by atoms with Crippen LogP contribution in [0.3, 0.4) is 0 Å². The van der Waals surface area contributed by atoms with Gasteiger partial charge in [-0.2, -0.15) is 0 Å². The van der Waals surface area contributed by atoms with Crippen LogP contribution in [0.1, 0.15) is 0 Å². The Morgan fingerprint density at radius 1 is 0.944 bits per heavy atom. The number of likely N-dealkylation sites (N-methyl/N-ethyl adjacent to an activating group) is 1. The lowest BCUT2D eigenvalue weighted by Gasteiger charge is -2.17. The SMILES string of the molecule is COc1ccc(S(=O)(=O)n2c(-c3ccccc3)c(OCCN(C)C)c3cc(Br)cc(Br)c32)c(OC)c1. The van der Waals surface area contributed by atoms with Crippen LogP contribution in [0, 0.1) is 0 Å². The number of nitrogens with zero attached hydrogens (tertiary/aromatic N) is 2. The quantitative estimate of drug-likeness (QED) is 0.223. The summed E-state index contributed by atoms with van der Waals surface area (Å²) in [4.78, 5) is 2.01. The third kappa shape index (κ3) is 5.00. The molecule has 0 bridgehead atoms. The summed E-state index contributed by atoms with van der Waals surface area (Å²) in [5.74, 6) is 1.15. The number of methoxy groups -OCH3 is 2. The Hall–Kier alpha value is -2.53. The standard InChI is InChI=1S/C26H26Br2N2O5S/c1-29(2)12-13-35-26-20-14-18(27)15-21(28)25(20)30(24(26)17-8-6-5-7-9-17)36(31,32)23-11-10-19(33-3)16-22(23)34-4/h5-11,14-16H,12-13H2,1-4H3. The van der Waals surface area contributed by atoms with E-state index in [-0.39, 0.29) is 10.6 Å². The van der Waals surface area contributed by atoms with Crippen molar-refractivity contribution in [1.29, 1.82) is 0 Å². The lowest BCUT2D eigenvalue weighted by molar-refractivity contribution is 0.264. The lowest BCUT2D eigenvalue weighted by atomic mass is 10.1.